The summed E-state index contributed by atoms with van der Waals surface area (Å²) in [5, 5.41) is 8.86. The van der Waals surface area contributed by atoms with Crippen LogP contribution < -0.4 is 0 Å². The Hall–Kier alpha value is -2.29. The molecule has 0 aliphatic heterocycles. The standard InChI is InChI=1S/C11H6F3N3/c12-11(13,14)9-1-2-10(8(5-9)6-15)17-4-3-16-7-17/h1-5,7H. The molecular formula is C11H6F3N3. The molecule has 0 aliphatic carbocycles. The minimum atomic E-state index is -4.45. The summed E-state index contributed by atoms with van der Waals surface area (Å²) in [7, 11) is 0. The Balaban J connectivity index is 2.55. The first-order chi connectivity index (χ1) is 8.02. The summed E-state index contributed by atoms with van der Waals surface area (Å²) in [4.78, 5) is 3.78. The van der Waals surface area contributed by atoms with Crippen LogP contribution in [0.2, 0.25) is 0 Å². The lowest BCUT2D eigenvalue weighted by molar-refractivity contribution is -0.137. The molecule has 0 amide bonds. The van der Waals surface area contributed by atoms with Crippen molar-refractivity contribution in [1.82, 2.24) is 9.55 Å². The van der Waals surface area contributed by atoms with Crippen LogP contribution in [0.5, 0.6) is 0 Å². The van der Waals surface area contributed by atoms with Gasteiger partial charge in [-0.1, -0.05) is 0 Å². The predicted octanol–water partition coefficient (Wildman–Crippen LogP) is 2.76. The Morgan fingerprint density at radius 3 is 2.59 bits per heavy atom. The van der Waals surface area contributed by atoms with Gasteiger partial charge in [0.1, 0.15) is 6.07 Å². The first kappa shape index (κ1) is 11.2. The van der Waals surface area contributed by atoms with Crippen LogP contribution in [0.25, 0.3) is 5.69 Å². The molecule has 2 aromatic rings. The summed E-state index contributed by atoms with van der Waals surface area (Å²) >= 11 is 0. The summed E-state index contributed by atoms with van der Waals surface area (Å²) in [5.74, 6) is 0. The summed E-state index contributed by atoms with van der Waals surface area (Å²) < 4.78 is 38.8. The van der Waals surface area contributed by atoms with E-state index >= 15 is 0 Å². The number of halogens is 3. The second-order valence-corrected chi connectivity index (χ2v) is 3.31. The van der Waals surface area contributed by atoms with E-state index in [9.17, 15) is 13.2 Å². The van der Waals surface area contributed by atoms with Crippen molar-refractivity contribution in [2.45, 2.75) is 6.18 Å². The Bertz CT molecular complexity index is 565. The molecule has 0 aliphatic rings. The number of hydrogen-bond acceptors (Lipinski definition) is 2. The Morgan fingerprint density at radius 1 is 1.29 bits per heavy atom. The van der Waals surface area contributed by atoms with Crippen molar-refractivity contribution in [3.8, 4) is 11.8 Å². The topological polar surface area (TPSA) is 41.6 Å². The predicted molar refractivity (Wildman–Crippen MR) is 53.3 cm³/mol. The molecule has 6 heteroatoms. The number of nitriles is 1. The van der Waals surface area contributed by atoms with E-state index in [2.05, 4.69) is 4.98 Å². The van der Waals surface area contributed by atoms with Gasteiger partial charge in [-0.2, -0.15) is 18.4 Å². The lowest BCUT2D eigenvalue weighted by Crippen LogP contribution is -2.06. The van der Waals surface area contributed by atoms with E-state index in [4.69, 9.17) is 5.26 Å². The quantitative estimate of drug-likeness (QED) is 0.765. The highest BCUT2D eigenvalue weighted by molar-refractivity contribution is 5.51. The van der Waals surface area contributed by atoms with Gasteiger partial charge in [0.2, 0.25) is 0 Å². The molecule has 0 saturated carbocycles. The highest BCUT2D eigenvalue weighted by Crippen LogP contribution is 2.31. The highest BCUT2D eigenvalue weighted by atomic mass is 19.4. The second kappa shape index (κ2) is 3.94. The Kier molecular flexibility index (Phi) is 2.60. The van der Waals surface area contributed by atoms with Gasteiger partial charge in [-0.25, -0.2) is 4.98 Å². The third kappa shape index (κ3) is 2.13. The van der Waals surface area contributed by atoms with Crippen molar-refractivity contribution in [3.63, 3.8) is 0 Å². The first-order valence-electron chi connectivity index (χ1n) is 4.62. The van der Waals surface area contributed by atoms with Crippen LogP contribution in [0, 0.1) is 11.3 Å². The molecule has 0 saturated heterocycles. The van der Waals surface area contributed by atoms with Crippen molar-refractivity contribution in [2.75, 3.05) is 0 Å². The zero-order chi connectivity index (χ0) is 12.5. The minimum Gasteiger partial charge on any atom is -0.305 e. The molecule has 2 rings (SSSR count). The fourth-order valence-electron chi connectivity index (χ4n) is 1.43. The van der Waals surface area contributed by atoms with Crippen LogP contribution in [0.1, 0.15) is 11.1 Å². The van der Waals surface area contributed by atoms with Crippen LogP contribution in [0.15, 0.2) is 36.9 Å². The monoisotopic (exact) mass is 237 g/mol. The zero-order valence-corrected chi connectivity index (χ0v) is 8.44. The number of imidazole rings is 1. The maximum atomic E-state index is 12.4. The molecule has 1 heterocycles. The van der Waals surface area contributed by atoms with Crippen molar-refractivity contribution in [1.29, 1.82) is 5.26 Å². The smallest absolute Gasteiger partial charge is 0.305 e. The van der Waals surface area contributed by atoms with E-state index in [1.807, 2.05) is 0 Å². The van der Waals surface area contributed by atoms with Gasteiger partial charge in [0.25, 0.3) is 0 Å². The fourth-order valence-corrected chi connectivity index (χ4v) is 1.43. The lowest BCUT2D eigenvalue weighted by atomic mass is 10.1. The number of aromatic nitrogens is 2. The SMILES string of the molecule is N#Cc1cc(C(F)(F)F)ccc1-n1ccnc1. The number of nitrogens with zero attached hydrogens (tertiary/aromatic N) is 3. The molecular weight excluding hydrogens is 231 g/mol. The summed E-state index contributed by atoms with van der Waals surface area (Å²) in [5.41, 5.74) is -0.506. The van der Waals surface area contributed by atoms with Crippen LogP contribution in [-0.2, 0) is 6.18 Å². The van der Waals surface area contributed by atoms with E-state index in [1.54, 1.807) is 12.3 Å². The van der Waals surface area contributed by atoms with Gasteiger partial charge in [-0.15, -0.1) is 0 Å². The maximum Gasteiger partial charge on any atom is 0.416 e. The Morgan fingerprint density at radius 2 is 2.06 bits per heavy atom. The third-order valence-corrected chi connectivity index (χ3v) is 2.23. The molecule has 0 N–H and O–H groups in total. The van der Waals surface area contributed by atoms with Crippen LogP contribution >= 0.6 is 0 Å². The molecule has 3 nitrogen and oxygen atoms in total. The summed E-state index contributed by atoms with van der Waals surface area (Å²) in [6, 6.07) is 4.77. The zero-order valence-electron chi connectivity index (χ0n) is 8.44. The number of alkyl halides is 3. The van der Waals surface area contributed by atoms with Gasteiger partial charge in [-0.3, -0.25) is 0 Å². The largest absolute Gasteiger partial charge is 0.416 e. The van der Waals surface area contributed by atoms with Crippen LogP contribution in [0.3, 0.4) is 0 Å². The molecule has 1 aromatic heterocycles. The average molecular weight is 237 g/mol. The van der Waals surface area contributed by atoms with E-state index < -0.39 is 11.7 Å². The van der Waals surface area contributed by atoms with Crippen molar-refractivity contribution < 1.29 is 13.2 Å². The van der Waals surface area contributed by atoms with Crippen LogP contribution in [0.4, 0.5) is 13.2 Å². The molecule has 17 heavy (non-hydrogen) atoms. The molecule has 1 aromatic carbocycles. The second-order valence-electron chi connectivity index (χ2n) is 3.31. The number of hydrogen-bond donors (Lipinski definition) is 0. The van der Waals surface area contributed by atoms with Gasteiger partial charge >= 0.3 is 6.18 Å². The lowest BCUT2D eigenvalue weighted by Gasteiger charge is -2.09. The fraction of sp³-hybridized carbons (Fsp3) is 0.0909. The van der Waals surface area contributed by atoms with Gasteiger partial charge in [0.05, 0.1) is 23.1 Å². The van der Waals surface area contributed by atoms with E-state index in [0.717, 1.165) is 12.1 Å². The average Bonchev–Trinajstić information content (AvgIpc) is 2.80. The van der Waals surface area contributed by atoms with Gasteiger partial charge in [0.15, 0.2) is 0 Å². The van der Waals surface area contributed by atoms with Crippen molar-refractivity contribution in [3.05, 3.63) is 48.0 Å². The summed E-state index contributed by atoms with van der Waals surface area (Å²) in [6.07, 6.45) is 0.0186. The van der Waals surface area contributed by atoms with Gasteiger partial charge < -0.3 is 4.57 Å². The molecule has 0 radical (unpaired) electrons. The molecule has 0 bridgehead atoms. The molecule has 0 unspecified atom stereocenters. The Labute approximate surface area is 94.7 Å². The van der Waals surface area contributed by atoms with Gasteiger partial charge in [0, 0.05) is 12.4 Å². The maximum absolute atomic E-state index is 12.4. The van der Waals surface area contributed by atoms with E-state index in [1.165, 1.54) is 23.2 Å². The number of rotatable bonds is 1. The van der Waals surface area contributed by atoms with Crippen molar-refractivity contribution >= 4 is 0 Å². The normalized spacial score (nSPS) is 11.2. The van der Waals surface area contributed by atoms with E-state index in [-0.39, 0.29) is 5.56 Å². The number of benzene rings is 1. The van der Waals surface area contributed by atoms with E-state index in [0.29, 0.717) is 5.69 Å². The minimum absolute atomic E-state index is 0.0437. The van der Waals surface area contributed by atoms with Crippen molar-refractivity contribution in [2.24, 2.45) is 0 Å². The molecule has 0 atom stereocenters. The third-order valence-electron chi connectivity index (χ3n) is 2.23. The molecule has 0 spiro atoms. The molecule has 86 valence electrons. The molecule has 0 fully saturated rings. The summed E-state index contributed by atoms with van der Waals surface area (Å²) in [6.45, 7) is 0. The first-order valence-corrected chi connectivity index (χ1v) is 4.62. The van der Waals surface area contributed by atoms with Crippen LogP contribution in [-0.4, -0.2) is 9.55 Å². The van der Waals surface area contributed by atoms with Gasteiger partial charge in [-0.05, 0) is 18.2 Å². The highest BCUT2D eigenvalue weighted by Gasteiger charge is 2.31.